The lowest BCUT2D eigenvalue weighted by Gasteiger charge is -2.25. The number of alkyl halides is 1. The van der Waals surface area contributed by atoms with Crippen molar-refractivity contribution in [3.8, 4) is 0 Å². The summed E-state index contributed by atoms with van der Waals surface area (Å²) in [6, 6.07) is 13.7. The van der Waals surface area contributed by atoms with Crippen LogP contribution in [0.15, 0.2) is 42.5 Å². The third-order valence-electron chi connectivity index (χ3n) is 4.44. The molecule has 136 valence electrons. The first kappa shape index (κ1) is 18.8. The zero-order chi connectivity index (χ0) is 18.8. The van der Waals surface area contributed by atoms with Crippen LogP contribution in [0.25, 0.3) is 0 Å². The van der Waals surface area contributed by atoms with Crippen LogP contribution < -0.4 is 10.2 Å². The molecule has 1 saturated heterocycles. The standard InChI is InChI=1S/C20H21ClN2O2S/c1-12-7-8-17(9-13(12)2)23-18(24)11-26-20(23)15-5-4-6-16(10-15)22-19(25)14(3)21/h4-10,14,20H,11H2,1-3H3,(H,22,25)/t14-,20-/m1/s1. The summed E-state index contributed by atoms with van der Waals surface area (Å²) in [6.07, 6.45) is 0. The Morgan fingerprint density at radius 1 is 1.23 bits per heavy atom. The smallest absolute Gasteiger partial charge is 0.242 e. The predicted molar refractivity (Wildman–Crippen MR) is 109 cm³/mol. The van der Waals surface area contributed by atoms with E-state index in [4.69, 9.17) is 11.6 Å². The topological polar surface area (TPSA) is 49.4 Å². The second-order valence-electron chi connectivity index (χ2n) is 6.43. The van der Waals surface area contributed by atoms with Crippen molar-refractivity contribution in [1.82, 2.24) is 0 Å². The lowest BCUT2D eigenvalue weighted by molar-refractivity contribution is -0.116. The molecule has 0 aromatic heterocycles. The molecule has 0 spiro atoms. The fourth-order valence-corrected chi connectivity index (χ4v) is 4.06. The summed E-state index contributed by atoms with van der Waals surface area (Å²) in [4.78, 5) is 26.2. The molecule has 3 rings (SSSR count). The van der Waals surface area contributed by atoms with Crippen LogP contribution in [-0.4, -0.2) is 22.9 Å². The SMILES string of the molecule is Cc1ccc(N2C(=O)CS[C@@H]2c2cccc(NC(=O)[C@@H](C)Cl)c2)cc1C. The molecule has 1 N–H and O–H groups in total. The van der Waals surface area contributed by atoms with E-state index in [1.165, 1.54) is 5.56 Å². The van der Waals surface area contributed by atoms with Gasteiger partial charge in [-0.05, 0) is 61.7 Å². The quantitative estimate of drug-likeness (QED) is 0.775. The van der Waals surface area contributed by atoms with Gasteiger partial charge in [0.15, 0.2) is 0 Å². The minimum absolute atomic E-state index is 0.0899. The van der Waals surface area contributed by atoms with Crippen molar-refractivity contribution >= 4 is 46.6 Å². The normalized spacial score (nSPS) is 18.1. The minimum Gasteiger partial charge on any atom is -0.325 e. The Bertz CT molecular complexity index is 853. The molecule has 1 aliphatic rings. The number of hydrogen-bond acceptors (Lipinski definition) is 3. The van der Waals surface area contributed by atoms with Crippen LogP contribution in [0.5, 0.6) is 0 Å². The molecule has 0 saturated carbocycles. The Morgan fingerprint density at radius 3 is 2.69 bits per heavy atom. The van der Waals surface area contributed by atoms with Gasteiger partial charge in [0.1, 0.15) is 10.8 Å². The molecule has 0 bridgehead atoms. The van der Waals surface area contributed by atoms with Crippen LogP contribution >= 0.6 is 23.4 Å². The van der Waals surface area contributed by atoms with Gasteiger partial charge in [0.2, 0.25) is 11.8 Å². The van der Waals surface area contributed by atoms with Gasteiger partial charge in [-0.2, -0.15) is 0 Å². The van der Waals surface area contributed by atoms with Gasteiger partial charge in [0, 0.05) is 11.4 Å². The second kappa shape index (κ2) is 7.72. The molecular formula is C20H21ClN2O2S. The lowest BCUT2D eigenvalue weighted by atomic mass is 10.1. The lowest BCUT2D eigenvalue weighted by Crippen LogP contribution is -2.28. The summed E-state index contributed by atoms with van der Waals surface area (Å²) in [6.45, 7) is 5.74. The number of benzene rings is 2. The van der Waals surface area contributed by atoms with Crippen molar-refractivity contribution in [3.05, 3.63) is 59.2 Å². The average molecular weight is 389 g/mol. The number of hydrogen-bond donors (Lipinski definition) is 1. The van der Waals surface area contributed by atoms with E-state index >= 15 is 0 Å². The Labute approximate surface area is 162 Å². The highest BCUT2D eigenvalue weighted by molar-refractivity contribution is 8.00. The van der Waals surface area contributed by atoms with Crippen LogP contribution in [0.2, 0.25) is 0 Å². The first-order valence-electron chi connectivity index (χ1n) is 8.42. The van der Waals surface area contributed by atoms with Gasteiger partial charge in [0.25, 0.3) is 0 Å². The van der Waals surface area contributed by atoms with Gasteiger partial charge in [-0.25, -0.2) is 0 Å². The first-order valence-corrected chi connectivity index (χ1v) is 9.91. The molecule has 0 unspecified atom stereocenters. The number of nitrogens with one attached hydrogen (secondary N) is 1. The Morgan fingerprint density at radius 2 is 2.00 bits per heavy atom. The van der Waals surface area contributed by atoms with Gasteiger partial charge < -0.3 is 5.32 Å². The van der Waals surface area contributed by atoms with E-state index in [1.807, 2.05) is 54.3 Å². The summed E-state index contributed by atoms with van der Waals surface area (Å²) < 4.78 is 0. The van der Waals surface area contributed by atoms with Gasteiger partial charge in [-0.1, -0.05) is 18.2 Å². The summed E-state index contributed by atoms with van der Waals surface area (Å²) in [5.41, 5.74) is 4.91. The fraction of sp³-hybridized carbons (Fsp3) is 0.300. The summed E-state index contributed by atoms with van der Waals surface area (Å²) in [5.74, 6) is 0.282. The molecular weight excluding hydrogens is 368 g/mol. The number of nitrogens with zero attached hydrogens (tertiary/aromatic N) is 1. The molecule has 0 radical (unpaired) electrons. The van der Waals surface area contributed by atoms with E-state index in [2.05, 4.69) is 12.2 Å². The van der Waals surface area contributed by atoms with E-state index in [0.29, 0.717) is 11.4 Å². The monoisotopic (exact) mass is 388 g/mol. The van der Waals surface area contributed by atoms with Crippen molar-refractivity contribution in [1.29, 1.82) is 0 Å². The van der Waals surface area contributed by atoms with Gasteiger partial charge in [-0.3, -0.25) is 14.5 Å². The fourth-order valence-electron chi connectivity index (χ4n) is 2.84. The Hall–Kier alpha value is -1.98. The average Bonchev–Trinajstić information content (AvgIpc) is 2.99. The molecule has 2 aromatic rings. The third kappa shape index (κ3) is 3.89. The maximum Gasteiger partial charge on any atom is 0.242 e. The molecule has 2 atom stereocenters. The Balaban J connectivity index is 1.91. The molecule has 1 fully saturated rings. The number of carbonyl (C=O) groups excluding carboxylic acids is 2. The van der Waals surface area contributed by atoms with Gasteiger partial charge in [0.05, 0.1) is 5.75 Å². The molecule has 4 nitrogen and oxygen atoms in total. The molecule has 0 aliphatic carbocycles. The van der Waals surface area contributed by atoms with Crippen LogP contribution in [0.4, 0.5) is 11.4 Å². The minimum atomic E-state index is -0.604. The largest absolute Gasteiger partial charge is 0.325 e. The number of anilines is 2. The number of halogens is 1. The van der Waals surface area contributed by atoms with Crippen molar-refractivity contribution in [2.75, 3.05) is 16.0 Å². The molecule has 1 heterocycles. The third-order valence-corrected chi connectivity index (χ3v) is 5.85. The second-order valence-corrected chi connectivity index (χ2v) is 8.15. The van der Waals surface area contributed by atoms with Gasteiger partial charge in [-0.15, -0.1) is 23.4 Å². The maximum absolute atomic E-state index is 12.5. The van der Waals surface area contributed by atoms with Crippen LogP contribution in [-0.2, 0) is 9.59 Å². The predicted octanol–water partition coefficient (Wildman–Crippen LogP) is 4.65. The van der Waals surface area contributed by atoms with Crippen molar-refractivity contribution in [3.63, 3.8) is 0 Å². The van der Waals surface area contributed by atoms with Crippen molar-refractivity contribution in [2.24, 2.45) is 0 Å². The summed E-state index contributed by atoms with van der Waals surface area (Å²) >= 11 is 7.41. The summed E-state index contributed by atoms with van der Waals surface area (Å²) in [7, 11) is 0. The number of carbonyl (C=O) groups is 2. The van der Waals surface area contributed by atoms with Crippen molar-refractivity contribution in [2.45, 2.75) is 31.5 Å². The maximum atomic E-state index is 12.5. The highest BCUT2D eigenvalue weighted by atomic mass is 35.5. The Kier molecular flexibility index (Phi) is 5.58. The first-order chi connectivity index (χ1) is 12.4. The van der Waals surface area contributed by atoms with E-state index in [-0.39, 0.29) is 17.2 Å². The van der Waals surface area contributed by atoms with E-state index in [9.17, 15) is 9.59 Å². The zero-order valence-corrected chi connectivity index (χ0v) is 16.5. The van der Waals surface area contributed by atoms with E-state index in [0.717, 1.165) is 16.8 Å². The van der Waals surface area contributed by atoms with Crippen LogP contribution in [0.1, 0.15) is 29.0 Å². The van der Waals surface area contributed by atoms with Crippen molar-refractivity contribution < 1.29 is 9.59 Å². The number of aryl methyl sites for hydroxylation is 2. The molecule has 2 aromatic carbocycles. The van der Waals surface area contributed by atoms with Crippen LogP contribution in [0, 0.1) is 13.8 Å². The van der Waals surface area contributed by atoms with E-state index in [1.54, 1.807) is 18.7 Å². The molecule has 26 heavy (non-hydrogen) atoms. The van der Waals surface area contributed by atoms with E-state index < -0.39 is 5.38 Å². The number of thioether (sulfide) groups is 1. The molecule has 1 aliphatic heterocycles. The van der Waals surface area contributed by atoms with Gasteiger partial charge >= 0.3 is 0 Å². The highest BCUT2D eigenvalue weighted by Gasteiger charge is 2.34. The number of amides is 2. The summed E-state index contributed by atoms with van der Waals surface area (Å²) in [5, 5.41) is 2.08. The zero-order valence-electron chi connectivity index (χ0n) is 15.0. The molecule has 2 amide bonds. The highest BCUT2D eigenvalue weighted by Crippen LogP contribution is 2.42. The van der Waals surface area contributed by atoms with Crippen LogP contribution in [0.3, 0.4) is 0 Å². The number of rotatable bonds is 4. The molecule has 6 heteroatoms.